The first kappa shape index (κ1) is 58.2. The zero-order chi connectivity index (χ0) is 51.4. The van der Waals surface area contributed by atoms with Crippen molar-refractivity contribution < 1.29 is 57.9 Å². The Hall–Kier alpha value is -3.33. The van der Waals surface area contributed by atoms with Crippen LogP contribution >= 0.6 is 0 Å². The van der Waals surface area contributed by atoms with Crippen LogP contribution in [0, 0.1) is 41.4 Å². The van der Waals surface area contributed by atoms with Crippen LogP contribution in [0.15, 0.2) is 47.6 Å². The minimum Gasteiger partial charge on any atom is -0.460 e. The molecule has 0 aromatic heterocycles. The average Bonchev–Trinajstić information content (AvgIpc) is 3.30. The molecule has 4 aliphatic rings. The van der Waals surface area contributed by atoms with Crippen LogP contribution in [-0.4, -0.2) is 126 Å². The zero-order valence-corrected chi connectivity index (χ0v) is 44.4. The third-order valence-corrected chi connectivity index (χ3v) is 15.6. The van der Waals surface area contributed by atoms with Crippen molar-refractivity contribution in [3.63, 3.8) is 0 Å². The number of ether oxygens (including phenoxy) is 5. The summed E-state index contributed by atoms with van der Waals surface area (Å²) in [7, 11) is 4.73. The molecule has 390 valence electrons. The summed E-state index contributed by atoms with van der Waals surface area (Å²) in [4.78, 5) is 72.7. The summed E-state index contributed by atoms with van der Waals surface area (Å²) in [6.07, 6.45) is 14.4. The van der Waals surface area contributed by atoms with E-state index in [0.717, 1.165) is 31.3 Å². The number of ketones is 3. The molecule has 2 heterocycles. The molecule has 15 atom stereocenters. The summed E-state index contributed by atoms with van der Waals surface area (Å²) < 4.78 is 30.2. The van der Waals surface area contributed by atoms with Crippen molar-refractivity contribution in [3.8, 4) is 0 Å². The molecule has 0 aromatic rings. The highest BCUT2D eigenvalue weighted by molar-refractivity contribution is 6.39. The predicted octanol–water partition coefficient (Wildman–Crippen LogP) is 8.67. The fourth-order valence-electron chi connectivity index (χ4n) is 11.3. The average molecular weight is 968 g/mol. The molecule has 3 fully saturated rings. The summed E-state index contributed by atoms with van der Waals surface area (Å²) in [6, 6.07) is -1.07. The first-order valence-corrected chi connectivity index (χ1v) is 25.9. The van der Waals surface area contributed by atoms with Gasteiger partial charge >= 0.3 is 5.97 Å². The topological polar surface area (TPSA) is 175 Å². The van der Waals surface area contributed by atoms with Crippen LogP contribution in [0.2, 0.25) is 0 Å². The molecule has 2 bridgehead atoms. The number of hydrogen-bond acceptors (Lipinski definition) is 12. The van der Waals surface area contributed by atoms with Crippen molar-refractivity contribution in [2.75, 3.05) is 27.9 Å². The standard InChI is InChI=1S/C56H89NO12/c1-34-19-15-14-16-20-35(2)46(65-11)31-42-23-22-40(7)56(64,33-42)52(61)53(62)57-26-18-17-21-43(57)54(63)68-47(37(4)29-41-24-25-45(48(30-41)66-12)69-55(8,9)10)32-44(58)36(3)28-39(6)50(60)51(67-13)49(59)38(5)27-34/h14-16,19-20,28,34,36-38,40-43,45-48,50-51,60,64H,17-18,21-27,29-33H2,1-13H3/b16-14+,19-15+,35-20+,39-28+/t34-,36-,37-,38-,40-,41?,42+,43+,45-,46+,47+,48-,50-,51+,56+/m1/s1. The molecular weight excluding hydrogens is 879 g/mol. The van der Waals surface area contributed by atoms with E-state index in [-0.39, 0.29) is 85.0 Å². The molecule has 1 saturated heterocycles. The van der Waals surface area contributed by atoms with Gasteiger partial charge in [-0.3, -0.25) is 19.2 Å². The van der Waals surface area contributed by atoms with E-state index in [1.165, 1.54) is 12.0 Å². The fourth-order valence-corrected chi connectivity index (χ4v) is 11.3. The van der Waals surface area contributed by atoms with Crippen LogP contribution in [0.4, 0.5) is 0 Å². The van der Waals surface area contributed by atoms with Crippen LogP contribution in [-0.2, 0) is 47.7 Å². The molecule has 1 unspecified atom stereocenters. The minimum absolute atomic E-state index is 0.0384. The Labute approximate surface area is 414 Å². The summed E-state index contributed by atoms with van der Waals surface area (Å²) in [5.74, 6) is -4.74. The molecule has 0 aromatic carbocycles. The Morgan fingerprint density at radius 3 is 2.20 bits per heavy atom. The second kappa shape index (κ2) is 26.4. The van der Waals surface area contributed by atoms with Crippen LogP contribution in [0.5, 0.6) is 0 Å². The lowest BCUT2D eigenvalue weighted by Crippen LogP contribution is -2.59. The van der Waals surface area contributed by atoms with E-state index < -0.39 is 65.4 Å². The maximum absolute atomic E-state index is 14.5. The molecule has 2 aliphatic carbocycles. The van der Waals surface area contributed by atoms with Gasteiger partial charge in [0.1, 0.15) is 35.7 Å². The number of methoxy groups -OCH3 is 3. The predicted molar refractivity (Wildman–Crippen MR) is 267 cm³/mol. The molecule has 2 saturated carbocycles. The number of aliphatic hydroxyl groups is 2. The van der Waals surface area contributed by atoms with Gasteiger partial charge < -0.3 is 38.8 Å². The Bertz CT molecular complexity index is 1860. The van der Waals surface area contributed by atoms with Crippen LogP contribution in [0.3, 0.4) is 0 Å². The van der Waals surface area contributed by atoms with E-state index in [9.17, 15) is 34.2 Å². The second-order valence-electron chi connectivity index (χ2n) is 22.4. The number of Topliss-reactive ketones (excluding diaryl/α,β-unsaturated/α-hetero) is 3. The lowest BCUT2D eigenvalue weighted by molar-refractivity contribution is -0.171. The third kappa shape index (κ3) is 16.1. The van der Waals surface area contributed by atoms with Gasteiger partial charge in [0.2, 0.25) is 0 Å². The van der Waals surface area contributed by atoms with Crippen LogP contribution in [0.1, 0.15) is 153 Å². The molecule has 1 amide bonds. The zero-order valence-electron chi connectivity index (χ0n) is 44.4. The van der Waals surface area contributed by atoms with Crippen molar-refractivity contribution in [2.45, 2.75) is 207 Å². The molecule has 0 spiro atoms. The Balaban J connectivity index is 1.70. The van der Waals surface area contributed by atoms with E-state index in [1.807, 2.05) is 78.8 Å². The Morgan fingerprint density at radius 2 is 1.55 bits per heavy atom. The van der Waals surface area contributed by atoms with Crippen LogP contribution in [0.25, 0.3) is 0 Å². The molecule has 2 aliphatic heterocycles. The van der Waals surface area contributed by atoms with Gasteiger partial charge in [-0.1, -0.05) is 71.1 Å². The number of fused-ring (bicyclic) bond motifs is 3. The highest BCUT2D eigenvalue weighted by Gasteiger charge is 2.51. The smallest absolute Gasteiger partial charge is 0.329 e. The minimum atomic E-state index is -1.92. The first-order valence-electron chi connectivity index (χ1n) is 25.9. The van der Waals surface area contributed by atoms with Crippen molar-refractivity contribution in [1.82, 2.24) is 4.90 Å². The number of piperidine rings is 1. The SMILES string of the molecule is CO[C@H]1C[C@@H]2CC[C@@H](C)[C@@](O)(C2)C(=O)C(=O)N2CCCC[C@H]2C(=O)O[C@H]([C@H](C)CC2CC[C@@H](OC(C)(C)C)[C@H](OC)C2)CC(=O)[C@H](C)/C=C(\C)[C@@H](O)[C@@H](OC)C(=O)[C@H](C)C[C@H](C)/C=C/C=C/C=C/1C. The summed E-state index contributed by atoms with van der Waals surface area (Å²) in [5, 5.41) is 23.7. The maximum atomic E-state index is 14.5. The number of carbonyl (C=O) groups is 5. The number of nitrogens with zero attached hydrogens (tertiary/aromatic N) is 1. The lowest BCUT2D eigenvalue weighted by Gasteiger charge is -2.43. The molecule has 69 heavy (non-hydrogen) atoms. The monoisotopic (exact) mass is 968 g/mol. The number of cyclic esters (lactones) is 1. The summed E-state index contributed by atoms with van der Waals surface area (Å²) in [5.41, 5.74) is -0.887. The van der Waals surface area contributed by atoms with Crippen molar-refractivity contribution in [1.29, 1.82) is 0 Å². The number of allylic oxidation sites excluding steroid dienone is 6. The summed E-state index contributed by atoms with van der Waals surface area (Å²) in [6.45, 7) is 19.3. The molecule has 4 rings (SSSR count). The van der Waals surface area contributed by atoms with E-state index in [1.54, 1.807) is 41.1 Å². The molecule has 0 radical (unpaired) electrons. The Kier molecular flexibility index (Phi) is 22.3. The highest BCUT2D eigenvalue weighted by Crippen LogP contribution is 2.42. The number of carbonyl (C=O) groups excluding carboxylic acids is 5. The quantitative estimate of drug-likeness (QED) is 0.141. The van der Waals surface area contributed by atoms with Gasteiger partial charge in [0.25, 0.3) is 11.7 Å². The normalized spacial score (nSPS) is 39.0. The van der Waals surface area contributed by atoms with E-state index >= 15 is 0 Å². The van der Waals surface area contributed by atoms with Gasteiger partial charge in [-0.05, 0) is 152 Å². The largest absolute Gasteiger partial charge is 0.460 e. The Morgan fingerprint density at radius 1 is 0.841 bits per heavy atom. The van der Waals surface area contributed by atoms with Gasteiger partial charge in [0.05, 0.1) is 23.9 Å². The van der Waals surface area contributed by atoms with Crippen LogP contribution < -0.4 is 0 Å². The van der Waals surface area contributed by atoms with Gasteiger partial charge in [-0.25, -0.2) is 4.79 Å². The van der Waals surface area contributed by atoms with E-state index in [2.05, 4.69) is 0 Å². The molecule has 13 heteroatoms. The van der Waals surface area contributed by atoms with E-state index in [4.69, 9.17) is 23.7 Å². The molecule has 2 N–H and O–H groups in total. The van der Waals surface area contributed by atoms with Gasteiger partial charge in [0, 0.05) is 46.1 Å². The van der Waals surface area contributed by atoms with Gasteiger partial charge in [-0.15, -0.1) is 0 Å². The molecule has 13 nitrogen and oxygen atoms in total. The lowest BCUT2D eigenvalue weighted by atomic mass is 9.67. The number of esters is 1. The van der Waals surface area contributed by atoms with E-state index in [0.29, 0.717) is 44.1 Å². The van der Waals surface area contributed by atoms with Gasteiger partial charge in [-0.2, -0.15) is 0 Å². The third-order valence-electron chi connectivity index (χ3n) is 15.6. The summed E-state index contributed by atoms with van der Waals surface area (Å²) >= 11 is 0. The van der Waals surface area contributed by atoms with Crippen molar-refractivity contribution in [2.24, 2.45) is 41.4 Å². The maximum Gasteiger partial charge on any atom is 0.329 e. The second-order valence-corrected chi connectivity index (χ2v) is 22.4. The number of rotatable bonds is 7. The number of amides is 1. The number of hydrogen-bond donors (Lipinski definition) is 2. The fraction of sp³-hybridized carbons (Fsp3) is 0.768. The van der Waals surface area contributed by atoms with Gasteiger partial charge in [0.15, 0.2) is 5.78 Å². The first-order chi connectivity index (χ1) is 32.4. The number of aliphatic hydroxyl groups excluding tert-OH is 1. The van der Waals surface area contributed by atoms with Crippen molar-refractivity contribution >= 4 is 29.2 Å². The van der Waals surface area contributed by atoms with Crippen molar-refractivity contribution in [3.05, 3.63) is 47.6 Å². The molecular formula is C56H89NO12. The highest BCUT2D eigenvalue weighted by atomic mass is 16.6.